The van der Waals surface area contributed by atoms with Gasteiger partial charge in [-0.15, -0.1) is 0 Å². The number of carbonyl (C=O) groups is 2. The maximum atomic E-state index is 13.6. The fourth-order valence-electron chi connectivity index (χ4n) is 4.86. The molecule has 2 amide bonds. The van der Waals surface area contributed by atoms with Crippen LogP contribution < -0.4 is 10.7 Å². The first-order valence-corrected chi connectivity index (χ1v) is 17.4. The third-order valence-electron chi connectivity index (χ3n) is 7.29. The number of amides is 2. The van der Waals surface area contributed by atoms with E-state index in [4.69, 9.17) is 11.6 Å². The minimum atomic E-state index is -4.17. The van der Waals surface area contributed by atoms with E-state index in [1.807, 2.05) is 0 Å². The van der Waals surface area contributed by atoms with Gasteiger partial charge in [0.05, 0.1) is 15.5 Å². The molecule has 4 aromatic carbocycles. The van der Waals surface area contributed by atoms with Gasteiger partial charge in [-0.25, -0.2) is 22.3 Å². The molecule has 1 aliphatic rings. The van der Waals surface area contributed by atoms with Gasteiger partial charge >= 0.3 is 0 Å². The highest BCUT2D eigenvalue weighted by Gasteiger charge is 2.43. The number of hydrazone groups is 1. The van der Waals surface area contributed by atoms with Crippen LogP contribution in [0.3, 0.4) is 0 Å². The number of halogens is 1. The molecule has 1 fully saturated rings. The molecule has 1 saturated heterocycles. The average Bonchev–Trinajstić information content (AvgIpc) is 3.07. The van der Waals surface area contributed by atoms with Gasteiger partial charge in [0.2, 0.25) is 20.0 Å². The normalized spacial score (nSPS) is 16.5. The first-order valence-electron chi connectivity index (χ1n) is 14.1. The molecule has 46 heavy (non-hydrogen) atoms. The fraction of sp³-hybridized carbons (Fsp3) is 0.156. The van der Waals surface area contributed by atoms with Crippen LogP contribution in [0.5, 0.6) is 0 Å². The number of sulfonamides is 2. The van der Waals surface area contributed by atoms with E-state index in [1.54, 1.807) is 91.9 Å². The zero-order valence-corrected chi connectivity index (χ0v) is 27.0. The summed E-state index contributed by atoms with van der Waals surface area (Å²) in [7, 11) is -8.19. The van der Waals surface area contributed by atoms with Crippen molar-refractivity contribution < 1.29 is 26.4 Å². The summed E-state index contributed by atoms with van der Waals surface area (Å²) >= 11 is 6.00. The number of nitrogens with zero attached hydrogens (tertiary/aromatic N) is 3. The lowest BCUT2D eigenvalue weighted by Gasteiger charge is -2.38. The van der Waals surface area contributed by atoms with Gasteiger partial charge in [0.15, 0.2) is 0 Å². The summed E-state index contributed by atoms with van der Waals surface area (Å²) in [5.41, 5.74) is 4.19. The van der Waals surface area contributed by atoms with Crippen LogP contribution >= 0.6 is 11.6 Å². The van der Waals surface area contributed by atoms with Gasteiger partial charge in [-0.05, 0) is 67.1 Å². The van der Waals surface area contributed by atoms with Crippen molar-refractivity contribution in [3.63, 3.8) is 0 Å². The van der Waals surface area contributed by atoms with Crippen LogP contribution in [0.25, 0.3) is 0 Å². The molecular weight excluding hydrogens is 650 g/mol. The number of hydrogen-bond acceptors (Lipinski definition) is 7. The van der Waals surface area contributed by atoms with Crippen molar-refractivity contribution >= 4 is 54.9 Å². The van der Waals surface area contributed by atoms with Crippen molar-refractivity contribution in [1.29, 1.82) is 0 Å². The number of benzene rings is 4. The highest BCUT2D eigenvalue weighted by atomic mass is 35.5. The van der Waals surface area contributed by atoms with Crippen LogP contribution in [0.1, 0.15) is 22.8 Å². The van der Waals surface area contributed by atoms with Crippen LogP contribution in [0, 0.1) is 0 Å². The quantitative estimate of drug-likeness (QED) is 0.200. The third-order valence-corrected chi connectivity index (χ3v) is 11.3. The van der Waals surface area contributed by atoms with Gasteiger partial charge < -0.3 is 5.32 Å². The Bertz CT molecular complexity index is 1990. The zero-order chi connectivity index (χ0) is 32.9. The maximum Gasteiger partial charge on any atom is 0.259 e. The highest BCUT2D eigenvalue weighted by Crippen LogP contribution is 2.25. The number of hydrogen-bond donors (Lipinski definition) is 2. The SMILES string of the molecule is C/C(=N/NC(=O)[C@H]1CN(S(=O)(=O)c2ccccc2)CCN1S(=O)(=O)c1ccccc1)c1cccc(NC(=O)c2cccc(Cl)c2)c1. The number of anilines is 1. The number of piperazine rings is 1. The molecule has 1 atom stereocenters. The van der Waals surface area contributed by atoms with Crippen molar-refractivity contribution in [2.45, 2.75) is 22.8 Å². The Morgan fingerprint density at radius 2 is 1.37 bits per heavy atom. The minimum absolute atomic E-state index is 0.0246. The fourth-order valence-corrected chi connectivity index (χ4v) is 8.10. The summed E-state index contributed by atoms with van der Waals surface area (Å²) in [5.74, 6) is -1.17. The van der Waals surface area contributed by atoms with E-state index in [1.165, 1.54) is 24.3 Å². The second-order valence-corrected chi connectivity index (χ2v) is 14.6. The molecule has 238 valence electrons. The predicted octanol–water partition coefficient (Wildman–Crippen LogP) is 4.20. The Morgan fingerprint density at radius 1 is 0.761 bits per heavy atom. The molecule has 5 rings (SSSR count). The van der Waals surface area contributed by atoms with Crippen LogP contribution in [-0.4, -0.2) is 68.6 Å². The molecule has 11 nitrogen and oxygen atoms in total. The topological polar surface area (TPSA) is 145 Å². The number of rotatable bonds is 9. The van der Waals surface area contributed by atoms with Crippen molar-refractivity contribution in [3.05, 3.63) is 125 Å². The van der Waals surface area contributed by atoms with Gasteiger partial charge in [-0.1, -0.05) is 66.2 Å². The molecule has 0 aromatic heterocycles. The molecule has 0 aliphatic carbocycles. The summed E-state index contributed by atoms with van der Waals surface area (Å²) in [6, 6.07) is 27.2. The van der Waals surface area contributed by atoms with Gasteiger partial charge in [0.1, 0.15) is 6.04 Å². The van der Waals surface area contributed by atoms with E-state index < -0.39 is 38.5 Å². The Kier molecular flexibility index (Phi) is 9.99. The molecule has 4 aromatic rings. The molecule has 0 spiro atoms. The molecule has 2 N–H and O–H groups in total. The van der Waals surface area contributed by atoms with E-state index in [-0.39, 0.29) is 28.8 Å². The van der Waals surface area contributed by atoms with E-state index >= 15 is 0 Å². The molecule has 0 radical (unpaired) electrons. The van der Waals surface area contributed by atoms with E-state index in [0.29, 0.717) is 27.5 Å². The van der Waals surface area contributed by atoms with Crippen molar-refractivity contribution in [2.75, 3.05) is 25.0 Å². The lowest BCUT2D eigenvalue weighted by Crippen LogP contribution is -2.60. The van der Waals surface area contributed by atoms with Crippen molar-refractivity contribution in [3.8, 4) is 0 Å². The highest BCUT2D eigenvalue weighted by molar-refractivity contribution is 7.89. The molecule has 0 bridgehead atoms. The summed E-state index contributed by atoms with van der Waals surface area (Å²) in [4.78, 5) is 26.3. The molecule has 1 heterocycles. The first-order chi connectivity index (χ1) is 22.0. The molecule has 1 aliphatic heterocycles. The minimum Gasteiger partial charge on any atom is -0.322 e. The van der Waals surface area contributed by atoms with E-state index in [0.717, 1.165) is 8.61 Å². The summed E-state index contributed by atoms with van der Waals surface area (Å²) in [6.07, 6.45) is 0. The Labute approximate surface area is 272 Å². The summed E-state index contributed by atoms with van der Waals surface area (Å²) in [5, 5.41) is 7.41. The molecule has 14 heteroatoms. The smallest absolute Gasteiger partial charge is 0.259 e. The average molecular weight is 680 g/mol. The summed E-state index contributed by atoms with van der Waals surface area (Å²) in [6.45, 7) is 0.805. The third kappa shape index (κ3) is 7.35. The van der Waals surface area contributed by atoms with E-state index in [9.17, 15) is 26.4 Å². The van der Waals surface area contributed by atoms with Crippen LogP contribution in [0.2, 0.25) is 5.02 Å². The number of carbonyl (C=O) groups excluding carboxylic acids is 2. The van der Waals surface area contributed by atoms with Crippen LogP contribution in [-0.2, 0) is 24.8 Å². The molecule has 0 saturated carbocycles. The number of nitrogens with one attached hydrogen (secondary N) is 2. The molecule has 0 unspecified atom stereocenters. The largest absolute Gasteiger partial charge is 0.322 e. The zero-order valence-electron chi connectivity index (χ0n) is 24.6. The Balaban J connectivity index is 1.38. The van der Waals surface area contributed by atoms with Gasteiger partial charge in [0.25, 0.3) is 11.8 Å². The second-order valence-electron chi connectivity index (χ2n) is 10.3. The standard InChI is InChI=1S/C32H30ClN5O6S2/c1-23(24-10-9-13-27(21-24)34-31(39)25-11-8-12-26(33)20-25)35-36-32(40)30-22-37(45(41,42)28-14-4-2-5-15-28)18-19-38(30)46(43,44)29-16-6-3-7-17-29/h2-17,20-21,30H,18-19,22H2,1H3,(H,34,39)(H,36,40)/b35-23-/t30-/m1/s1. The Hall–Kier alpha value is -4.40. The van der Waals surface area contributed by atoms with Crippen molar-refractivity contribution in [2.24, 2.45) is 5.10 Å². The van der Waals surface area contributed by atoms with Gasteiger partial charge in [-0.3, -0.25) is 9.59 Å². The maximum absolute atomic E-state index is 13.6. The first kappa shape index (κ1) is 33.0. The summed E-state index contributed by atoms with van der Waals surface area (Å²) < 4.78 is 56.2. The van der Waals surface area contributed by atoms with Gasteiger partial charge in [0, 0.05) is 35.9 Å². The Morgan fingerprint density at radius 3 is 2.02 bits per heavy atom. The van der Waals surface area contributed by atoms with Gasteiger partial charge in [-0.2, -0.15) is 13.7 Å². The lowest BCUT2D eigenvalue weighted by molar-refractivity contribution is -0.125. The van der Waals surface area contributed by atoms with Crippen molar-refractivity contribution in [1.82, 2.24) is 14.0 Å². The second kappa shape index (κ2) is 13.9. The monoisotopic (exact) mass is 679 g/mol. The predicted molar refractivity (Wildman–Crippen MR) is 176 cm³/mol. The van der Waals surface area contributed by atoms with Crippen LogP contribution in [0.15, 0.2) is 124 Å². The lowest BCUT2D eigenvalue weighted by atomic mass is 10.1. The molecular formula is C32H30ClN5O6S2. The van der Waals surface area contributed by atoms with E-state index in [2.05, 4.69) is 15.8 Å². The van der Waals surface area contributed by atoms with Crippen LogP contribution in [0.4, 0.5) is 5.69 Å².